The van der Waals surface area contributed by atoms with Gasteiger partial charge in [0.25, 0.3) is 5.91 Å². The van der Waals surface area contributed by atoms with Gasteiger partial charge in [0.2, 0.25) is 5.91 Å². The highest BCUT2D eigenvalue weighted by Crippen LogP contribution is 2.25. The van der Waals surface area contributed by atoms with Gasteiger partial charge >= 0.3 is 0 Å². The Balaban J connectivity index is 1.54. The zero-order valence-electron chi connectivity index (χ0n) is 16.2. The number of benzene rings is 2. The second-order valence-corrected chi connectivity index (χ2v) is 7.36. The van der Waals surface area contributed by atoms with Gasteiger partial charge < -0.3 is 20.1 Å². The van der Waals surface area contributed by atoms with E-state index in [1.807, 2.05) is 36.6 Å². The van der Waals surface area contributed by atoms with E-state index < -0.39 is 0 Å². The van der Waals surface area contributed by atoms with E-state index in [9.17, 15) is 9.59 Å². The number of thiophene rings is 1. The first-order valence-corrected chi connectivity index (χ1v) is 9.91. The molecule has 0 unspecified atom stereocenters. The van der Waals surface area contributed by atoms with Crippen LogP contribution in [0.2, 0.25) is 0 Å². The minimum Gasteiger partial charge on any atom is -0.495 e. The van der Waals surface area contributed by atoms with Crippen LogP contribution < -0.4 is 20.1 Å². The highest BCUT2D eigenvalue weighted by molar-refractivity contribution is 7.09. The third-order valence-electron chi connectivity index (χ3n) is 4.10. The van der Waals surface area contributed by atoms with Crippen molar-refractivity contribution < 1.29 is 19.1 Å². The van der Waals surface area contributed by atoms with Crippen molar-refractivity contribution >= 4 is 28.8 Å². The van der Waals surface area contributed by atoms with Crippen molar-refractivity contribution in [1.29, 1.82) is 0 Å². The maximum Gasteiger partial charge on any atom is 0.251 e. The summed E-state index contributed by atoms with van der Waals surface area (Å²) in [4.78, 5) is 25.7. The average molecular weight is 410 g/mol. The van der Waals surface area contributed by atoms with E-state index in [2.05, 4.69) is 10.6 Å². The van der Waals surface area contributed by atoms with E-state index in [1.165, 1.54) is 7.11 Å². The topological polar surface area (TPSA) is 76.7 Å². The van der Waals surface area contributed by atoms with Crippen LogP contribution in [-0.4, -0.2) is 25.5 Å². The van der Waals surface area contributed by atoms with E-state index in [0.29, 0.717) is 29.4 Å². The number of hydrogen-bond donors (Lipinski definition) is 2. The van der Waals surface area contributed by atoms with Gasteiger partial charge in [0.05, 0.1) is 19.3 Å². The Kier molecular flexibility index (Phi) is 6.86. The zero-order valence-corrected chi connectivity index (χ0v) is 17.0. The van der Waals surface area contributed by atoms with Crippen molar-refractivity contribution in [2.24, 2.45) is 0 Å². The molecule has 3 rings (SSSR count). The van der Waals surface area contributed by atoms with Gasteiger partial charge in [-0.1, -0.05) is 18.2 Å². The van der Waals surface area contributed by atoms with Crippen LogP contribution in [0.15, 0.2) is 60.0 Å². The molecule has 6 nitrogen and oxygen atoms in total. The van der Waals surface area contributed by atoms with E-state index in [-0.39, 0.29) is 18.4 Å². The van der Waals surface area contributed by atoms with Crippen molar-refractivity contribution in [2.45, 2.75) is 13.5 Å². The quantitative estimate of drug-likeness (QED) is 0.588. The smallest absolute Gasteiger partial charge is 0.251 e. The number of methoxy groups -OCH3 is 1. The van der Waals surface area contributed by atoms with Crippen LogP contribution in [0, 0.1) is 6.92 Å². The van der Waals surface area contributed by atoms with Gasteiger partial charge in [-0.2, -0.15) is 0 Å². The number of aryl methyl sites for hydroxylation is 1. The SMILES string of the molecule is COc1ccc(C)cc1NC(=O)CNC(=O)c1cccc(OCc2cccs2)c1. The first kappa shape index (κ1) is 20.4. The highest BCUT2D eigenvalue weighted by Gasteiger charge is 2.11. The number of hydrogen-bond acceptors (Lipinski definition) is 5. The molecule has 0 aliphatic rings. The summed E-state index contributed by atoms with van der Waals surface area (Å²) in [6.07, 6.45) is 0. The lowest BCUT2D eigenvalue weighted by atomic mass is 10.2. The average Bonchev–Trinajstić information content (AvgIpc) is 3.24. The third kappa shape index (κ3) is 5.83. The first-order valence-electron chi connectivity index (χ1n) is 9.03. The summed E-state index contributed by atoms with van der Waals surface area (Å²) in [5, 5.41) is 7.36. The minimum absolute atomic E-state index is 0.157. The van der Waals surface area contributed by atoms with Crippen LogP contribution in [-0.2, 0) is 11.4 Å². The van der Waals surface area contributed by atoms with Crippen molar-refractivity contribution in [3.05, 3.63) is 76.0 Å². The largest absolute Gasteiger partial charge is 0.495 e. The Bertz CT molecular complexity index is 986. The number of nitrogens with one attached hydrogen (secondary N) is 2. The third-order valence-corrected chi connectivity index (χ3v) is 4.95. The molecule has 0 aliphatic heterocycles. The van der Waals surface area contributed by atoms with Crippen LogP contribution in [0.5, 0.6) is 11.5 Å². The predicted octanol–water partition coefficient (Wildman–Crippen LogP) is 4.01. The number of carbonyl (C=O) groups is 2. The lowest BCUT2D eigenvalue weighted by Crippen LogP contribution is -2.32. The molecular weight excluding hydrogens is 388 g/mol. The molecule has 2 N–H and O–H groups in total. The molecule has 29 heavy (non-hydrogen) atoms. The minimum atomic E-state index is -0.349. The lowest BCUT2D eigenvalue weighted by molar-refractivity contribution is -0.115. The Morgan fingerprint density at radius 1 is 1.07 bits per heavy atom. The number of carbonyl (C=O) groups excluding carboxylic acids is 2. The Hall–Kier alpha value is -3.32. The zero-order chi connectivity index (χ0) is 20.6. The van der Waals surface area contributed by atoms with Crippen LogP contribution in [0.3, 0.4) is 0 Å². The van der Waals surface area contributed by atoms with Gasteiger partial charge in [0, 0.05) is 10.4 Å². The Morgan fingerprint density at radius 3 is 2.69 bits per heavy atom. The normalized spacial score (nSPS) is 10.3. The summed E-state index contributed by atoms with van der Waals surface area (Å²) in [5.41, 5.74) is 1.98. The van der Waals surface area contributed by atoms with Gasteiger partial charge in [0.15, 0.2) is 0 Å². The molecule has 7 heteroatoms. The fourth-order valence-corrected chi connectivity index (χ4v) is 3.27. The molecule has 150 valence electrons. The molecule has 0 fully saturated rings. The number of amides is 2. The summed E-state index contributed by atoms with van der Waals surface area (Å²) < 4.78 is 11.0. The van der Waals surface area contributed by atoms with Crippen molar-refractivity contribution in [3.8, 4) is 11.5 Å². The summed E-state index contributed by atoms with van der Waals surface area (Å²) in [6.45, 7) is 2.21. The van der Waals surface area contributed by atoms with E-state index in [1.54, 1.807) is 41.7 Å². The van der Waals surface area contributed by atoms with Crippen molar-refractivity contribution in [1.82, 2.24) is 5.32 Å². The summed E-state index contributed by atoms with van der Waals surface area (Å²) >= 11 is 1.61. The van der Waals surface area contributed by atoms with E-state index in [0.717, 1.165) is 10.4 Å². The van der Waals surface area contributed by atoms with Crippen LogP contribution in [0.4, 0.5) is 5.69 Å². The van der Waals surface area contributed by atoms with Crippen LogP contribution in [0.1, 0.15) is 20.8 Å². The Labute approximate surface area is 173 Å². The number of rotatable bonds is 8. The second kappa shape index (κ2) is 9.75. The molecule has 0 saturated heterocycles. The molecule has 0 radical (unpaired) electrons. The molecular formula is C22H22N2O4S. The molecule has 0 bridgehead atoms. The molecule has 2 amide bonds. The summed E-state index contributed by atoms with van der Waals surface area (Å²) in [7, 11) is 1.54. The van der Waals surface area contributed by atoms with Gasteiger partial charge in [0.1, 0.15) is 18.1 Å². The van der Waals surface area contributed by atoms with E-state index in [4.69, 9.17) is 9.47 Å². The van der Waals surface area contributed by atoms with Crippen molar-refractivity contribution in [3.63, 3.8) is 0 Å². The fourth-order valence-electron chi connectivity index (χ4n) is 2.65. The molecule has 0 spiro atoms. The van der Waals surface area contributed by atoms with Gasteiger partial charge in [-0.25, -0.2) is 0 Å². The maximum absolute atomic E-state index is 12.4. The molecule has 3 aromatic rings. The standard InChI is InChI=1S/C22H22N2O4S/c1-15-8-9-20(27-2)19(11-15)24-21(25)13-23-22(26)16-5-3-6-17(12-16)28-14-18-7-4-10-29-18/h3-12H,13-14H2,1-2H3,(H,23,26)(H,24,25). The number of ether oxygens (including phenoxy) is 2. The Morgan fingerprint density at radius 2 is 1.93 bits per heavy atom. The molecule has 0 saturated carbocycles. The monoisotopic (exact) mass is 410 g/mol. The molecule has 0 aliphatic carbocycles. The van der Waals surface area contributed by atoms with Crippen molar-refractivity contribution in [2.75, 3.05) is 19.0 Å². The number of anilines is 1. The summed E-state index contributed by atoms with van der Waals surface area (Å²) in [5.74, 6) is 0.469. The molecule has 1 heterocycles. The van der Waals surface area contributed by atoms with E-state index >= 15 is 0 Å². The maximum atomic E-state index is 12.4. The van der Waals surface area contributed by atoms with Crippen LogP contribution >= 0.6 is 11.3 Å². The first-order chi connectivity index (χ1) is 14.0. The second-order valence-electron chi connectivity index (χ2n) is 6.33. The summed E-state index contributed by atoms with van der Waals surface area (Å²) in [6, 6.07) is 16.3. The molecule has 2 aromatic carbocycles. The van der Waals surface area contributed by atoms with Gasteiger partial charge in [-0.3, -0.25) is 9.59 Å². The molecule has 1 aromatic heterocycles. The predicted molar refractivity (Wildman–Crippen MR) is 114 cm³/mol. The van der Waals surface area contributed by atoms with Gasteiger partial charge in [-0.15, -0.1) is 11.3 Å². The fraction of sp³-hybridized carbons (Fsp3) is 0.182. The lowest BCUT2D eigenvalue weighted by Gasteiger charge is -2.12. The van der Waals surface area contributed by atoms with Crippen LogP contribution in [0.25, 0.3) is 0 Å². The van der Waals surface area contributed by atoms with Gasteiger partial charge in [-0.05, 0) is 54.3 Å². The molecule has 0 atom stereocenters. The highest BCUT2D eigenvalue weighted by atomic mass is 32.1.